The average Bonchev–Trinajstić information content (AvgIpc) is 2.99. The molecule has 1 aromatic heterocycles. The zero-order chi connectivity index (χ0) is 14.5. The lowest BCUT2D eigenvalue weighted by molar-refractivity contribution is 0.497. The van der Waals surface area contributed by atoms with Gasteiger partial charge in [0.1, 0.15) is 0 Å². The van der Waals surface area contributed by atoms with E-state index >= 15 is 0 Å². The average molecular weight is 299 g/mol. The number of rotatable bonds is 5. The molecule has 0 spiro atoms. The summed E-state index contributed by atoms with van der Waals surface area (Å²) in [6, 6.07) is 17.7. The standard InChI is InChI=1S/C17H15ClN2O/c18-15-11-9-13(10-12-15)5-4-8-16-19-20-17(21-16)14-6-2-1-3-7-14/h1-3,6-7,9-12H,4-5,8H2. The zero-order valence-electron chi connectivity index (χ0n) is 11.5. The van der Waals surface area contributed by atoms with Crippen LogP contribution in [-0.4, -0.2) is 10.2 Å². The Morgan fingerprint density at radius 3 is 2.38 bits per heavy atom. The third-order valence-corrected chi connectivity index (χ3v) is 3.51. The van der Waals surface area contributed by atoms with Crippen molar-refractivity contribution in [2.45, 2.75) is 19.3 Å². The summed E-state index contributed by atoms with van der Waals surface area (Å²) in [6.45, 7) is 0. The molecule has 0 aliphatic heterocycles. The van der Waals surface area contributed by atoms with Crippen LogP contribution < -0.4 is 0 Å². The van der Waals surface area contributed by atoms with E-state index in [-0.39, 0.29) is 0 Å². The minimum atomic E-state index is 0.581. The molecule has 1 heterocycles. The van der Waals surface area contributed by atoms with Crippen LogP contribution in [0.2, 0.25) is 5.02 Å². The molecule has 0 radical (unpaired) electrons. The largest absolute Gasteiger partial charge is 0.421 e. The van der Waals surface area contributed by atoms with Crippen molar-refractivity contribution >= 4 is 11.6 Å². The Kier molecular flexibility index (Phi) is 4.31. The van der Waals surface area contributed by atoms with Gasteiger partial charge in [-0.2, -0.15) is 0 Å². The van der Waals surface area contributed by atoms with Crippen molar-refractivity contribution in [3.05, 3.63) is 71.1 Å². The minimum absolute atomic E-state index is 0.581. The highest BCUT2D eigenvalue weighted by Gasteiger charge is 2.07. The van der Waals surface area contributed by atoms with E-state index in [1.54, 1.807) is 0 Å². The van der Waals surface area contributed by atoms with E-state index in [0.717, 1.165) is 29.8 Å². The maximum Gasteiger partial charge on any atom is 0.247 e. The second-order valence-corrected chi connectivity index (χ2v) is 5.28. The van der Waals surface area contributed by atoms with Crippen molar-refractivity contribution in [1.29, 1.82) is 0 Å². The summed E-state index contributed by atoms with van der Waals surface area (Å²) >= 11 is 5.87. The second-order valence-electron chi connectivity index (χ2n) is 4.85. The quantitative estimate of drug-likeness (QED) is 0.693. The predicted molar refractivity (Wildman–Crippen MR) is 83.2 cm³/mol. The van der Waals surface area contributed by atoms with Gasteiger partial charge < -0.3 is 4.42 Å². The Balaban J connectivity index is 1.57. The Morgan fingerprint density at radius 2 is 1.62 bits per heavy atom. The molecule has 4 heteroatoms. The number of hydrogen-bond acceptors (Lipinski definition) is 3. The number of nitrogens with zero attached hydrogens (tertiary/aromatic N) is 2. The Labute approximate surface area is 128 Å². The van der Waals surface area contributed by atoms with Gasteiger partial charge in [0.15, 0.2) is 0 Å². The van der Waals surface area contributed by atoms with E-state index in [1.807, 2.05) is 54.6 Å². The maximum atomic E-state index is 5.87. The normalized spacial score (nSPS) is 10.7. The highest BCUT2D eigenvalue weighted by Crippen LogP contribution is 2.18. The van der Waals surface area contributed by atoms with Crippen LogP contribution in [-0.2, 0) is 12.8 Å². The molecule has 0 N–H and O–H groups in total. The number of halogens is 1. The summed E-state index contributed by atoms with van der Waals surface area (Å²) in [5, 5.41) is 8.96. The highest BCUT2D eigenvalue weighted by molar-refractivity contribution is 6.30. The molecule has 21 heavy (non-hydrogen) atoms. The van der Waals surface area contributed by atoms with Crippen LogP contribution in [0.1, 0.15) is 17.9 Å². The van der Waals surface area contributed by atoms with Crippen LogP contribution in [0.15, 0.2) is 59.0 Å². The van der Waals surface area contributed by atoms with E-state index in [2.05, 4.69) is 10.2 Å². The van der Waals surface area contributed by atoms with Crippen molar-refractivity contribution in [2.24, 2.45) is 0 Å². The predicted octanol–water partition coefficient (Wildman–Crippen LogP) is 4.57. The monoisotopic (exact) mass is 298 g/mol. The van der Waals surface area contributed by atoms with Gasteiger partial charge in [-0.3, -0.25) is 0 Å². The molecular weight excluding hydrogens is 284 g/mol. The summed E-state index contributed by atoms with van der Waals surface area (Å²) in [4.78, 5) is 0. The first-order chi connectivity index (χ1) is 10.3. The summed E-state index contributed by atoms with van der Waals surface area (Å²) in [5.41, 5.74) is 2.22. The molecule has 0 aliphatic rings. The van der Waals surface area contributed by atoms with Gasteiger partial charge in [0.2, 0.25) is 11.8 Å². The molecule has 0 fully saturated rings. The molecule has 0 unspecified atom stereocenters. The molecule has 0 bridgehead atoms. The van der Waals surface area contributed by atoms with Crippen molar-refractivity contribution in [3.63, 3.8) is 0 Å². The first kappa shape index (κ1) is 13.8. The topological polar surface area (TPSA) is 38.9 Å². The van der Waals surface area contributed by atoms with Crippen LogP contribution >= 0.6 is 11.6 Å². The Bertz CT molecular complexity index is 692. The highest BCUT2D eigenvalue weighted by atomic mass is 35.5. The van der Waals surface area contributed by atoms with Crippen molar-refractivity contribution in [3.8, 4) is 11.5 Å². The van der Waals surface area contributed by atoms with E-state index in [9.17, 15) is 0 Å². The molecule has 0 saturated heterocycles. The van der Waals surface area contributed by atoms with Crippen LogP contribution in [0.25, 0.3) is 11.5 Å². The SMILES string of the molecule is Clc1ccc(CCCc2nnc(-c3ccccc3)o2)cc1. The summed E-state index contributed by atoms with van der Waals surface area (Å²) in [5.74, 6) is 1.26. The third-order valence-electron chi connectivity index (χ3n) is 3.26. The van der Waals surface area contributed by atoms with Gasteiger partial charge in [0.05, 0.1) is 0 Å². The van der Waals surface area contributed by atoms with Gasteiger partial charge in [-0.1, -0.05) is 41.9 Å². The van der Waals surface area contributed by atoms with Crippen molar-refractivity contribution < 1.29 is 4.42 Å². The molecule has 3 rings (SSSR count). The first-order valence-corrected chi connectivity index (χ1v) is 7.31. The van der Waals surface area contributed by atoms with Gasteiger partial charge in [-0.15, -0.1) is 10.2 Å². The van der Waals surface area contributed by atoms with E-state index in [0.29, 0.717) is 11.8 Å². The lowest BCUT2D eigenvalue weighted by atomic mass is 10.1. The fraction of sp³-hybridized carbons (Fsp3) is 0.176. The lowest BCUT2D eigenvalue weighted by Crippen LogP contribution is -1.90. The fourth-order valence-electron chi connectivity index (χ4n) is 2.15. The van der Waals surface area contributed by atoms with Crippen LogP contribution in [0, 0.1) is 0 Å². The van der Waals surface area contributed by atoms with Gasteiger partial charge in [-0.25, -0.2) is 0 Å². The number of hydrogen-bond donors (Lipinski definition) is 0. The van der Waals surface area contributed by atoms with Crippen LogP contribution in [0.4, 0.5) is 0 Å². The summed E-state index contributed by atoms with van der Waals surface area (Å²) < 4.78 is 5.68. The Morgan fingerprint density at radius 1 is 0.857 bits per heavy atom. The molecular formula is C17H15ClN2O. The molecule has 0 atom stereocenters. The summed E-state index contributed by atoms with van der Waals surface area (Å²) in [7, 11) is 0. The fourth-order valence-corrected chi connectivity index (χ4v) is 2.27. The molecule has 3 nitrogen and oxygen atoms in total. The molecule has 2 aromatic carbocycles. The zero-order valence-corrected chi connectivity index (χ0v) is 12.3. The van der Waals surface area contributed by atoms with Gasteiger partial charge in [0, 0.05) is 17.0 Å². The molecule has 3 aromatic rings. The van der Waals surface area contributed by atoms with Crippen LogP contribution in [0.3, 0.4) is 0 Å². The molecule has 106 valence electrons. The summed E-state index contributed by atoms with van der Waals surface area (Å²) in [6.07, 6.45) is 2.72. The maximum absolute atomic E-state index is 5.87. The van der Waals surface area contributed by atoms with Gasteiger partial charge >= 0.3 is 0 Å². The van der Waals surface area contributed by atoms with Gasteiger partial charge in [-0.05, 0) is 42.7 Å². The van der Waals surface area contributed by atoms with Crippen molar-refractivity contribution in [2.75, 3.05) is 0 Å². The molecule has 0 amide bonds. The third kappa shape index (κ3) is 3.70. The smallest absolute Gasteiger partial charge is 0.247 e. The minimum Gasteiger partial charge on any atom is -0.421 e. The van der Waals surface area contributed by atoms with Gasteiger partial charge in [0.25, 0.3) is 0 Å². The molecule has 0 aliphatic carbocycles. The number of benzene rings is 2. The Hall–Kier alpha value is -2.13. The van der Waals surface area contributed by atoms with Crippen molar-refractivity contribution in [1.82, 2.24) is 10.2 Å². The number of aromatic nitrogens is 2. The van der Waals surface area contributed by atoms with E-state index < -0.39 is 0 Å². The molecule has 0 saturated carbocycles. The van der Waals surface area contributed by atoms with E-state index in [4.69, 9.17) is 16.0 Å². The van der Waals surface area contributed by atoms with E-state index in [1.165, 1.54) is 5.56 Å². The second kappa shape index (κ2) is 6.55. The van der Waals surface area contributed by atoms with Crippen LogP contribution in [0.5, 0.6) is 0 Å². The first-order valence-electron chi connectivity index (χ1n) is 6.93. The number of aryl methyl sites for hydroxylation is 2. The lowest BCUT2D eigenvalue weighted by Gasteiger charge is -1.99.